The van der Waals surface area contributed by atoms with Crippen LogP contribution in [0.4, 0.5) is 6.01 Å². The molecule has 0 spiro atoms. The van der Waals surface area contributed by atoms with Crippen LogP contribution in [0.25, 0.3) is 0 Å². The number of anilines is 1. The molecule has 6 heteroatoms. The Labute approximate surface area is 88.6 Å². The van der Waals surface area contributed by atoms with Gasteiger partial charge in [-0.05, 0) is 13.5 Å². The summed E-state index contributed by atoms with van der Waals surface area (Å²) in [6.07, 6.45) is 1.30. The number of nitrogens with one attached hydrogen (secondary N) is 1. The molecule has 2 rings (SSSR count). The molecule has 1 N–H and O–H groups in total. The van der Waals surface area contributed by atoms with E-state index in [2.05, 4.69) is 20.4 Å². The second kappa shape index (κ2) is 4.59. The van der Waals surface area contributed by atoms with Crippen molar-refractivity contribution >= 4 is 6.01 Å². The summed E-state index contributed by atoms with van der Waals surface area (Å²) in [4.78, 5) is 2.06. The lowest BCUT2D eigenvalue weighted by molar-refractivity contribution is 0.120. The van der Waals surface area contributed by atoms with E-state index in [9.17, 15) is 0 Å². The molecule has 1 unspecified atom stereocenters. The highest BCUT2D eigenvalue weighted by molar-refractivity contribution is 5.26. The molecular weight excluding hydrogens is 196 g/mol. The molecule has 0 amide bonds. The van der Waals surface area contributed by atoms with Gasteiger partial charge in [0, 0.05) is 20.2 Å². The first-order valence-corrected chi connectivity index (χ1v) is 5.08. The number of rotatable bonds is 4. The number of hydrogen-bond acceptors (Lipinski definition) is 6. The smallest absolute Gasteiger partial charge is 0.318 e. The maximum absolute atomic E-state index is 5.49. The van der Waals surface area contributed by atoms with Crippen LogP contribution < -0.4 is 10.2 Å². The van der Waals surface area contributed by atoms with Gasteiger partial charge in [-0.1, -0.05) is 5.10 Å². The molecule has 1 atom stereocenters. The zero-order chi connectivity index (χ0) is 10.7. The molecule has 1 aromatic heterocycles. The third kappa shape index (κ3) is 2.27. The largest absolute Gasteiger partial charge is 0.407 e. The Kier molecular flexibility index (Phi) is 3.17. The number of hydrogen-bond donors (Lipinski definition) is 1. The van der Waals surface area contributed by atoms with E-state index >= 15 is 0 Å². The quantitative estimate of drug-likeness (QED) is 0.758. The van der Waals surface area contributed by atoms with Crippen molar-refractivity contribution in [1.29, 1.82) is 0 Å². The number of aromatic nitrogens is 2. The van der Waals surface area contributed by atoms with Crippen LogP contribution in [0.5, 0.6) is 0 Å². The molecule has 0 saturated carbocycles. The van der Waals surface area contributed by atoms with E-state index in [-0.39, 0.29) is 6.10 Å². The summed E-state index contributed by atoms with van der Waals surface area (Å²) in [7, 11) is 3.58. The van der Waals surface area contributed by atoms with Gasteiger partial charge in [0.1, 0.15) is 0 Å². The molecule has 1 aliphatic rings. The highest BCUT2D eigenvalue weighted by atomic mass is 16.5. The summed E-state index contributed by atoms with van der Waals surface area (Å²) in [6, 6.07) is 0.597. The Bertz CT molecular complexity index is 315. The van der Waals surface area contributed by atoms with Gasteiger partial charge in [0.05, 0.1) is 12.6 Å². The average Bonchev–Trinajstić information content (AvgIpc) is 2.85. The fourth-order valence-electron chi connectivity index (χ4n) is 1.69. The van der Waals surface area contributed by atoms with E-state index in [1.54, 1.807) is 7.11 Å². The van der Waals surface area contributed by atoms with Crippen molar-refractivity contribution in [3.8, 4) is 0 Å². The molecule has 0 bridgehead atoms. The second-order valence-electron chi connectivity index (χ2n) is 3.60. The van der Waals surface area contributed by atoms with E-state index in [1.165, 1.54) is 0 Å². The molecule has 0 aromatic carbocycles. The van der Waals surface area contributed by atoms with Crippen LogP contribution in [0, 0.1) is 0 Å². The summed E-state index contributed by atoms with van der Waals surface area (Å²) < 4.78 is 10.8. The molecule has 1 saturated heterocycles. The standard InChI is InChI=1S/C9H16N4O2/c1-10-5-8-11-12-9(15-8)13-4-3-7(6-13)14-2/h7,10H,3-6H2,1-2H3. The summed E-state index contributed by atoms with van der Waals surface area (Å²) in [5.74, 6) is 0.619. The van der Waals surface area contributed by atoms with Gasteiger partial charge in [-0.25, -0.2) is 0 Å². The molecule has 0 aliphatic carbocycles. The first-order valence-electron chi connectivity index (χ1n) is 5.08. The van der Waals surface area contributed by atoms with Gasteiger partial charge in [-0.3, -0.25) is 0 Å². The van der Waals surface area contributed by atoms with Crippen LogP contribution in [0.15, 0.2) is 4.42 Å². The highest BCUT2D eigenvalue weighted by Crippen LogP contribution is 2.19. The Balaban J connectivity index is 1.97. The first-order chi connectivity index (χ1) is 7.33. The molecule has 1 aromatic rings. The molecule has 6 nitrogen and oxygen atoms in total. The fourth-order valence-corrected chi connectivity index (χ4v) is 1.69. The molecule has 15 heavy (non-hydrogen) atoms. The summed E-state index contributed by atoms with van der Waals surface area (Å²) in [5.41, 5.74) is 0. The lowest BCUT2D eigenvalue weighted by atomic mass is 10.3. The van der Waals surface area contributed by atoms with E-state index in [0.717, 1.165) is 19.5 Å². The van der Waals surface area contributed by atoms with Crippen molar-refractivity contribution in [2.45, 2.75) is 19.1 Å². The molecule has 1 aliphatic heterocycles. The van der Waals surface area contributed by atoms with Crippen LogP contribution >= 0.6 is 0 Å². The molecule has 84 valence electrons. The maximum atomic E-state index is 5.49. The normalized spacial score (nSPS) is 21.2. The fraction of sp³-hybridized carbons (Fsp3) is 0.778. The van der Waals surface area contributed by atoms with Gasteiger partial charge in [0.25, 0.3) is 0 Å². The minimum absolute atomic E-state index is 0.282. The Morgan fingerprint density at radius 2 is 2.47 bits per heavy atom. The first kappa shape index (κ1) is 10.4. The second-order valence-corrected chi connectivity index (χ2v) is 3.60. The van der Waals surface area contributed by atoms with Crippen LogP contribution in [-0.4, -0.2) is 43.5 Å². The zero-order valence-corrected chi connectivity index (χ0v) is 9.06. The highest BCUT2D eigenvalue weighted by Gasteiger charge is 2.25. The van der Waals surface area contributed by atoms with Gasteiger partial charge in [-0.15, -0.1) is 5.10 Å². The Morgan fingerprint density at radius 3 is 3.13 bits per heavy atom. The van der Waals surface area contributed by atoms with Gasteiger partial charge >= 0.3 is 6.01 Å². The molecule has 0 radical (unpaired) electrons. The SMILES string of the molecule is CNCc1nnc(N2CCC(OC)C2)o1. The van der Waals surface area contributed by atoms with Crippen LogP contribution in [0.1, 0.15) is 12.3 Å². The van der Waals surface area contributed by atoms with Crippen LogP contribution in [-0.2, 0) is 11.3 Å². The summed E-state index contributed by atoms with van der Waals surface area (Å²) in [6.45, 7) is 2.35. The maximum Gasteiger partial charge on any atom is 0.318 e. The van der Waals surface area contributed by atoms with Crippen LogP contribution in [0.3, 0.4) is 0 Å². The van der Waals surface area contributed by atoms with Gasteiger partial charge < -0.3 is 19.4 Å². The molecule has 2 heterocycles. The zero-order valence-electron chi connectivity index (χ0n) is 9.06. The van der Waals surface area contributed by atoms with Gasteiger partial charge in [0.2, 0.25) is 5.89 Å². The Morgan fingerprint density at radius 1 is 1.60 bits per heavy atom. The number of methoxy groups -OCH3 is 1. The van der Waals surface area contributed by atoms with Crippen molar-refractivity contribution in [2.75, 3.05) is 32.1 Å². The minimum atomic E-state index is 0.282. The predicted octanol–water partition coefficient (Wildman–Crippen LogP) is 0.0141. The Hall–Kier alpha value is -1.14. The number of nitrogens with zero attached hydrogens (tertiary/aromatic N) is 3. The van der Waals surface area contributed by atoms with Crippen molar-refractivity contribution in [1.82, 2.24) is 15.5 Å². The van der Waals surface area contributed by atoms with E-state index in [1.807, 2.05) is 7.05 Å². The third-order valence-corrected chi connectivity index (χ3v) is 2.53. The third-order valence-electron chi connectivity index (χ3n) is 2.53. The summed E-state index contributed by atoms with van der Waals surface area (Å²) >= 11 is 0. The van der Waals surface area contributed by atoms with Gasteiger partial charge in [0.15, 0.2) is 0 Å². The average molecular weight is 212 g/mol. The van der Waals surface area contributed by atoms with Crippen LogP contribution in [0.2, 0.25) is 0 Å². The minimum Gasteiger partial charge on any atom is -0.407 e. The molecular formula is C9H16N4O2. The molecule has 1 fully saturated rings. The summed E-state index contributed by atoms with van der Waals surface area (Å²) in [5, 5.41) is 10.9. The lowest BCUT2D eigenvalue weighted by Gasteiger charge is -2.11. The van der Waals surface area contributed by atoms with Gasteiger partial charge in [-0.2, -0.15) is 0 Å². The van der Waals surface area contributed by atoms with Crippen molar-refractivity contribution in [2.24, 2.45) is 0 Å². The lowest BCUT2D eigenvalue weighted by Crippen LogP contribution is -2.22. The van der Waals surface area contributed by atoms with E-state index in [4.69, 9.17) is 9.15 Å². The van der Waals surface area contributed by atoms with Crippen molar-refractivity contribution < 1.29 is 9.15 Å². The van der Waals surface area contributed by atoms with E-state index in [0.29, 0.717) is 18.5 Å². The van der Waals surface area contributed by atoms with Crippen molar-refractivity contribution in [3.05, 3.63) is 5.89 Å². The predicted molar refractivity (Wildman–Crippen MR) is 54.7 cm³/mol. The van der Waals surface area contributed by atoms with E-state index < -0.39 is 0 Å². The van der Waals surface area contributed by atoms with Crippen molar-refractivity contribution in [3.63, 3.8) is 0 Å². The monoisotopic (exact) mass is 212 g/mol. The topological polar surface area (TPSA) is 63.4 Å². The number of ether oxygens (including phenoxy) is 1.